The van der Waals surface area contributed by atoms with Crippen LogP contribution in [0.5, 0.6) is 0 Å². The van der Waals surface area contributed by atoms with E-state index in [2.05, 4.69) is 0 Å². The van der Waals surface area contributed by atoms with Gasteiger partial charge in [0.25, 0.3) is 5.91 Å². The standard InChI is InChI=1S/C26H21NO4/c28-24(31-17-18-9-2-1-3-10-18)23-15-8-16-27(23)25(29)26(30)21-13-6-4-11-19(21)20-12-5-7-14-22(20)26/h1-7,9-15,30H,8,16-17H2. The first-order valence-electron chi connectivity index (χ1n) is 10.3. The zero-order valence-electron chi connectivity index (χ0n) is 16.8. The number of amides is 1. The van der Waals surface area contributed by atoms with Crippen LogP contribution in [-0.2, 0) is 26.5 Å². The van der Waals surface area contributed by atoms with Gasteiger partial charge in [0.15, 0.2) is 5.60 Å². The van der Waals surface area contributed by atoms with E-state index < -0.39 is 17.5 Å². The Bertz CT molecular complexity index is 1150. The van der Waals surface area contributed by atoms with E-state index in [1.807, 2.05) is 54.6 Å². The summed E-state index contributed by atoms with van der Waals surface area (Å²) in [5, 5.41) is 11.8. The molecule has 0 unspecified atom stereocenters. The van der Waals surface area contributed by atoms with Crippen LogP contribution in [0.2, 0.25) is 0 Å². The molecule has 2 aliphatic rings. The van der Waals surface area contributed by atoms with Gasteiger partial charge in [0.05, 0.1) is 0 Å². The van der Waals surface area contributed by atoms with E-state index in [4.69, 9.17) is 4.74 Å². The van der Waals surface area contributed by atoms with Crippen LogP contribution in [-0.4, -0.2) is 28.4 Å². The molecule has 0 bridgehead atoms. The highest BCUT2D eigenvalue weighted by atomic mass is 16.5. The van der Waals surface area contributed by atoms with Crippen molar-refractivity contribution in [3.8, 4) is 11.1 Å². The lowest BCUT2D eigenvalue weighted by molar-refractivity contribution is -0.151. The number of hydrogen-bond acceptors (Lipinski definition) is 4. The van der Waals surface area contributed by atoms with Gasteiger partial charge < -0.3 is 14.7 Å². The van der Waals surface area contributed by atoms with Gasteiger partial charge >= 0.3 is 5.97 Å². The van der Waals surface area contributed by atoms with Gasteiger partial charge in [0, 0.05) is 17.7 Å². The minimum Gasteiger partial charge on any atom is -0.456 e. The molecule has 154 valence electrons. The van der Waals surface area contributed by atoms with Gasteiger partial charge in [-0.25, -0.2) is 4.79 Å². The van der Waals surface area contributed by atoms with E-state index in [0.717, 1.165) is 16.7 Å². The van der Waals surface area contributed by atoms with E-state index in [0.29, 0.717) is 24.1 Å². The minimum atomic E-state index is -1.85. The van der Waals surface area contributed by atoms with Crippen LogP contribution in [0.4, 0.5) is 0 Å². The average Bonchev–Trinajstić information content (AvgIpc) is 3.41. The highest BCUT2D eigenvalue weighted by Gasteiger charge is 2.51. The zero-order chi connectivity index (χ0) is 21.4. The topological polar surface area (TPSA) is 66.8 Å². The Labute approximate surface area is 180 Å². The molecule has 0 saturated heterocycles. The van der Waals surface area contributed by atoms with E-state index >= 15 is 0 Å². The second-order valence-corrected chi connectivity index (χ2v) is 7.70. The Kier molecular flexibility index (Phi) is 4.68. The fourth-order valence-electron chi connectivity index (χ4n) is 4.40. The van der Waals surface area contributed by atoms with Crippen LogP contribution in [0.3, 0.4) is 0 Å². The van der Waals surface area contributed by atoms with Crippen LogP contribution < -0.4 is 0 Å². The third kappa shape index (κ3) is 3.05. The van der Waals surface area contributed by atoms with Crippen molar-refractivity contribution in [3.63, 3.8) is 0 Å². The molecule has 0 spiro atoms. The molecule has 0 saturated carbocycles. The lowest BCUT2D eigenvalue weighted by Crippen LogP contribution is -2.46. The van der Waals surface area contributed by atoms with Gasteiger partial charge in [-0.3, -0.25) is 4.79 Å². The molecule has 3 aromatic rings. The lowest BCUT2D eigenvalue weighted by Gasteiger charge is -2.30. The zero-order valence-corrected chi connectivity index (χ0v) is 16.8. The number of ether oxygens (including phenoxy) is 1. The number of rotatable bonds is 4. The predicted molar refractivity (Wildman–Crippen MR) is 116 cm³/mol. The van der Waals surface area contributed by atoms with Gasteiger partial charge in [-0.2, -0.15) is 0 Å². The van der Waals surface area contributed by atoms with Crippen LogP contribution in [0.1, 0.15) is 23.1 Å². The predicted octanol–water partition coefficient (Wildman–Crippen LogP) is 3.76. The number of carbonyl (C=O) groups excluding carboxylic acids is 2. The van der Waals surface area contributed by atoms with E-state index in [9.17, 15) is 14.7 Å². The summed E-state index contributed by atoms with van der Waals surface area (Å²) in [7, 11) is 0. The van der Waals surface area contributed by atoms with Crippen molar-refractivity contribution in [3.05, 3.63) is 107 Å². The van der Waals surface area contributed by atoms with Crippen molar-refractivity contribution in [2.45, 2.75) is 18.6 Å². The number of hydrogen-bond donors (Lipinski definition) is 1. The second kappa shape index (κ2) is 7.52. The van der Waals surface area contributed by atoms with Crippen LogP contribution in [0, 0.1) is 0 Å². The van der Waals surface area contributed by atoms with Crippen molar-refractivity contribution in [2.24, 2.45) is 0 Å². The molecular formula is C26H21NO4. The molecule has 0 atom stereocenters. The molecular weight excluding hydrogens is 390 g/mol. The molecule has 3 aromatic carbocycles. The highest BCUT2D eigenvalue weighted by molar-refractivity contribution is 6.03. The van der Waals surface area contributed by atoms with E-state index in [-0.39, 0.29) is 12.3 Å². The number of aliphatic hydroxyl groups is 1. The summed E-state index contributed by atoms with van der Waals surface area (Å²) in [6, 6.07) is 24.1. The molecule has 5 rings (SSSR count). The first kappa shape index (κ1) is 19.3. The van der Waals surface area contributed by atoms with Crippen molar-refractivity contribution >= 4 is 11.9 Å². The molecule has 0 radical (unpaired) electrons. The van der Waals surface area contributed by atoms with E-state index in [1.54, 1.807) is 30.3 Å². The first-order valence-corrected chi connectivity index (χ1v) is 10.3. The number of benzene rings is 3. The number of carbonyl (C=O) groups is 2. The Morgan fingerprint density at radius 1 is 0.871 bits per heavy atom. The van der Waals surface area contributed by atoms with Crippen molar-refractivity contribution in [1.82, 2.24) is 4.90 Å². The molecule has 0 fully saturated rings. The minimum absolute atomic E-state index is 0.120. The van der Waals surface area contributed by atoms with Gasteiger partial charge in [-0.1, -0.05) is 84.9 Å². The smallest absolute Gasteiger partial charge is 0.355 e. The molecule has 1 heterocycles. The summed E-state index contributed by atoms with van der Waals surface area (Å²) >= 11 is 0. The van der Waals surface area contributed by atoms with Crippen molar-refractivity contribution in [1.29, 1.82) is 0 Å². The van der Waals surface area contributed by atoms with Crippen molar-refractivity contribution < 1.29 is 19.4 Å². The molecule has 31 heavy (non-hydrogen) atoms. The monoisotopic (exact) mass is 411 g/mol. The highest BCUT2D eigenvalue weighted by Crippen LogP contribution is 2.48. The maximum atomic E-state index is 13.7. The summed E-state index contributed by atoms with van der Waals surface area (Å²) in [6.45, 7) is 0.441. The molecule has 1 N–H and O–H groups in total. The van der Waals surface area contributed by atoms with Crippen LogP contribution in [0.25, 0.3) is 11.1 Å². The average molecular weight is 411 g/mol. The van der Waals surface area contributed by atoms with Crippen LogP contribution >= 0.6 is 0 Å². The van der Waals surface area contributed by atoms with Gasteiger partial charge in [0.1, 0.15) is 12.3 Å². The third-order valence-electron chi connectivity index (χ3n) is 5.88. The van der Waals surface area contributed by atoms with Crippen molar-refractivity contribution in [2.75, 3.05) is 6.54 Å². The molecule has 1 amide bonds. The molecule has 0 aromatic heterocycles. The lowest BCUT2D eigenvalue weighted by atomic mass is 9.89. The van der Waals surface area contributed by atoms with Crippen LogP contribution in [0.15, 0.2) is 90.6 Å². The Hall–Kier alpha value is -3.70. The Balaban J connectivity index is 1.44. The van der Waals surface area contributed by atoms with Gasteiger partial charge in [-0.15, -0.1) is 0 Å². The van der Waals surface area contributed by atoms with Gasteiger partial charge in [-0.05, 0) is 23.1 Å². The number of nitrogens with zero attached hydrogens (tertiary/aromatic N) is 1. The molecule has 1 aliphatic carbocycles. The summed E-state index contributed by atoms with van der Waals surface area (Å²) < 4.78 is 5.44. The summed E-state index contributed by atoms with van der Waals surface area (Å²) in [5.74, 6) is -1.11. The summed E-state index contributed by atoms with van der Waals surface area (Å²) in [6.07, 6.45) is 2.22. The maximum absolute atomic E-state index is 13.7. The Morgan fingerprint density at radius 2 is 1.45 bits per heavy atom. The molecule has 5 nitrogen and oxygen atoms in total. The maximum Gasteiger partial charge on any atom is 0.355 e. The normalized spacial score (nSPS) is 15.8. The molecule has 1 aliphatic heterocycles. The third-order valence-corrected chi connectivity index (χ3v) is 5.88. The fourth-order valence-corrected chi connectivity index (χ4v) is 4.40. The first-order chi connectivity index (χ1) is 15.1. The summed E-state index contributed by atoms with van der Waals surface area (Å²) in [5.41, 5.74) is 1.91. The largest absolute Gasteiger partial charge is 0.456 e. The number of fused-ring (bicyclic) bond motifs is 3. The fraction of sp³-hybridized carbons (Fsp3) is 0.154. The van der Waals surface area contributed by atoms with Gasteiger partial charge in [0.2, 0.25) is 0 Å². The SMILES string of the molecule is O=C(OCc1ccccc1)C1=CCCN1C(=O)C1(O)c2ccccc2-c2ccccc21. The summed E-state index contributed by atoms with van der Waals surface area (Å²) in [4.78, 5) is 27.8. The Morgan fingerprint density at radius 3 is 2.10 bits per heavy atom. The quantitative estimate of drug-likeness (QED) is 0.664. The number of esters is 1. The second-order valence-electron chi connectivity index (χ2n) is 7.70. The van der Waals surface area contributed by atoms with E-state index in [1.165, 1.54) is 4.90 Å². The molecule has 5 heteroatoms.